The van der Waals surface area contributed by atoms with Crippen molar-refractivity contribution >= 4 is 11.6 Å². The summed E-state index contributed by atoms with van der Waals surface area (Å²) in [6.45, 7) is 5.44. The van der Waals surface area contributed by atoms with E-state index in [9.17, 15) is 9.59 Å². The van der Waals surface area contributed by atoms with Crippen molar-refractivity contribution in [2.24, 2.45) is 0 Å². The number of aryl methyl sites for hydroxylation is 2. The smallest absolute Gasteiger partial charge is 0.293 e. The Morgan fingerprint density at radius 2 is 2.19 bits per heavy atom. The van der Waals surface area contributed by atoms with Crippen LogP contribution in [0.15, 0.2) is 15.6 Å². The highest BCUT2D eigenvalue weighted by Gasteiger charge is 2.12. The van der Waals surface area contributed by atoms with Crippen molar-refractivity contribution < 1.29 is 9.42 Å². The molecule has 2 aromatic heterocycles. The Kier molecular flexibility index (Phi) is 4.46. The van der Waals surface area contributed by atoms with Gasteiger partial charge in [0.1, 0.15) is 17.2 Å². The molecule has 0 amide bonds. The maximum absolute atomic E-state index is 12.4. The summed E-state index contributed by atoms with van der Waals surface area (Å²) in [7, 11) is 0. The number of hydrogen-bond donors (Lipinski definition) is 1. The lowest BCUT2D eigenvalue weighted by molar-refractivity contribution is -0.117. The van der Waals surface area contributed by atoms with E-state index in [1.807, 2.05) is 6.92 Å². The zero-order valence-corrected chi connectivity index (χ0v) is 12.2. The third-order valence-electron chi connectivity index (χ3n) is 3.05. The Bertz CT molecular complexity index is 704. The van der Waals surface area contributed by atoms with E-state index in [0.717, 1.165) is 5.69 Å². The lowest BCUT2D eigenvalue weighted by atomic mass is 10.3. The van der Waals surface area contributed by atoms with Gasteiger partial charge in [-0.3, -0.25) is 9.59 Å². The van der Waals surface area contributed by atoms with Gasteiger partial charge in [-0.15, -0.1) is 0 Å². The van der Waals surface area contributed by atoms with E-state index in [-0.39, 0.29) is 30.2 Å². The number of anilines is 1. The Morgan fingerprint density at radius 1 is 1.43 bits per heavy atom. The minimum absolute atomic E-state index is 0.0454. The van der Waals surface area contributed by atoms with Crippen LogP contribution in [0.5, 0.6) is 0 Å². The fraction of sp³-hybridized carbons (Fsp3) is 0.462. The van der Waals surface area contributed by atoms with Crippen LogP contribution in [0.1, 0.15) is 30.9 Å². The maximum atomic E-state index is 12.4. The van der Waals surface area contributed by atoms with Crippen LogP contribution in [0, 0.1) is 6.92 Å². The van der Waals surface area contributed by atoms with Gasteiger partial charge in [0, 0.05) is 11.9 Å². The second-order valence-corrected chi connectivity index (χ2v) is 4.69. The van der Waals surface area contributed by atoms with Gasteiger partial charge in [-0.2, -0.15) is 0 Å². The van der Waals surface area contributed by atoms with Crippen LogP contribution in [0.2, 0.25) is 0 Å². The first kappa shape index (κ1) is 14.9. The Hall–Kier alpha value is -2.51. The molecule has 0 spiro atoms. The molecular weight excluding hydrogens is 274 g/mol. The highest BCUT2D eigenvalue weighted by Crippen LogP contribution is 2.05. The zero-order chi connectivity index (χ0) is 15.4. The first-order valence-electron chi connectivity index (χ1n) is 6.63. The summed E-state index contributed by atoms with van der Waals surface area (Å²) in [5.74, 6) is 0.0938. The fourth-order valence-electron chi connectivity index (χ4n) is 1.90. The van der Waals surface area contributed by atoms with Crippen molar-refractivity contribution in [3.63, 3.8) is 0 Å². The molecule has 21 heavy (non-hydrogen) atoms. The minimum Gasteiger partial charge on any atom is -0.360 e. The third kappa shape index (κ3) is 3.33. The van der Waals surface area contributed by atoms with E-state index >= 15 is 0 Å². The van der Waals surface area contributed by atoms with Gasteiger partial charge < -0.3 is 9.88 Å². The van der Waals surface area contributed by atoms with Crippen molar-refractivity contribution in [3.05, 3.63) is 33.6 Å². The molecule has 0 bridgehead atoms. The monoisotopic (exact) mass is 291 g/mol. The molecule has 0 aliphatic heterocycles. The number of hydrogen-bond acceptors (Lipinski definition) is 7. The normalized spacial score (nSPS) is 10.6. The van der Waals surface area contributed by atoms with Gasteiger partial charge in [0.15, 0.2) is 5.82 Å². The summed E-state index contributed by atoms with van der Waals surface area (Å²) in [6.07, 6.45) is 2.22. The first-order valence-corrected chi connectivity index (χ1v) is 6.63. The van der Waals surface area contributed by atoms with Crippen molar-refractivity contribution in [1.82, 2.24) is 19.9 Å². The minimum atomic E-state index is -0.321. The van der Waals surface area contributed by atoms with Crippen LogP contribution in [-0.2, 0) is 24.3 Å². The van der Waals surface area contributed by atoms with Gasteiger partial charge in [-0.05, 0) is 20.3 Å². The van der Waals surface area contributed by atoms with Crippen molar-refractivity contribution in [2.75, 3.05) is 5.32 Å². The van der Waals surface area contributed by atoms with Crippen LogP contribution in [0.3, 0.4) is 0 Å². The Balaban J connectivity index is 2.26. The molecule has 8 nitrogen and oxygen atoms in total. The summed E-state index contributed by atoms with van der Waals surface area (Å²) >= 11 is 0. The molecule has 2 aromatic rings. The van der Waals surface area contributed by atoms with Gasteiger partial charge in [0.25, 0.3) is 5.56 Å². The van der Waals surface area contributed by atoms with Gasteiger partial charge >= 0.3 is 0 Å². The molecule has 112 valence electrons. The van der Waals surface area contributed by atoms with Gasteiger partial charge in [0.2, 0.25) is 0 Å². The predicted molar refractivity (Wildman–Crippen MR) is 74.9 cm³/mol. The zero-order valence-electron chi connectivity index (χ0n) is 12.2. The van der Waals surface area contributed by atoms with Gasteiger partial charge in [0.05, 0.1) is 13.1 Å². The quantitative estimate of drug-likeness (QED) is 0.835. The standard InChI is InChI=1S/C13H17N5O3/c1-4-10-5-14-12(13(20)18(10)7-8(2)19)15-6-11-9(3)16-21-17-11/h5H,4,6-7H2,1-3H3,(H,14,15). The topological polar surface area (TPSA) is 103 Å². The van der Waals surface area contributed by atoms with Gasteiger partial charge in [-0.25, -0.2) is 9.61 Å². The molecule has 0 fully saturated rings. The van der Waals surface area contributed by atoms with Crippen LogP contribution in [0.25, 0.3) is 0 Å². The molecule has 0 atom stereocenters. The van der Waals surface area contributed by atoms with E-state index < -0.39 is 0 Å². The highest BCUT2D eigenvalue weighted by atomic mass is 16.6. The lowest BCUT2D eigenvalue weighted by Crippen LogP contribution is -2.29. The van der Waals surface area contributed by atoms with Crippen molar-refractivity contribution in [3.8, 4) is 0 Å². The second-order valence-electron chi connectivity index (χ2n) is 4.69. The van der Waals surface area contributed by atoms with E-state index in [2.05, 4.69) is 25.2 Å². The molecule has 1 N–H and O–H groups in total. The van der Waals surface area contributed by atoms with Crippen LogP contribution in [0.4, 0.5) is 5.82 Å². The molecule has 0 aromatic carbocycles. The summed E-state index contributed by atoms with van der Waals surface area (Å²) in [6, 6.07) is 0. The van der Waals surface area contributed by atoms with E-state index in [1.54, 1.807) is 13.1 Å². The van der Waals surface area contributed by atoms with E-state index in [4.69, 9.17) is 0 Å². The highest BCUT2D eigenvalue weighted by molar-refractivity contribution is 5.75. The summed E-state index contributed by atoms with van der Waals surface area (Å²) in [5, 5.41) is 10.3. The molecule has 2 rings (SSSR count). The number of ketones is 1. The number of carbonyl (C=O) groups is 1. The van der Waals surface area contributed by atoms with Crippen LogP contribution in [-0.4, -0.2) is 25.6 Å². The average molecular weight is 291 g/mol. The predicted octanol–water partition coefficient (Wildman–Crippen LogP) is 0.698. The summed E-state index contributed by atoms with van der Waals surface area (Å²) < 4.78 is 6.02. The molecule has 8 heteroatoms. The maximum Gasteiger partial charge on any atom is 0.293 e. The number of nitrogens with zero attached hydrogens (tertiary/aromatic N) is 4. The van der Waals surface area contributed by atoms with E-state index in [0.29, 0.717) is 17.8 Å². The van der Waals surface area contributed by atoms with Crippen LogP contribution < -0.4 is 10.9 Å². The van der Waals surface area contributed by atoms with Crippen molar-refractivity contribution in [1.29, 1.82) is 0 Å². The van der Waals surface area contributed by atoms with Crippen LogP contribution >= 0.6 is 0 Å². The molecule has 2 heterocycles. The number of Topliss-reactive ketones (excluding diaryl/α,β-unsaturated/α-hetero) is 1. The third-order valence-corrected chi connectivity index (χ3v) is 3.05. The van der Waals surface area contributed by atoms with Gasteiger partial charge in [-0.1, -0.05) is 17.2 Å². The van der Waals surface area contributed by atoms with E-state index in [1.165, 1.54) is 11.5 Å². The molecule has 0 radical (unpaired) electrons. The lowest BCUT2D eigenvalue weighted by Gasteiger charge is -2.11. The average Bonchev–Trinajstić information content (AvgIpc) is 2.85. The molecule has 0 aliphatic rings. The fourth-order valence-corrected chi connectivity index (χ4v) is 1.90. The first-order chi connectivity index (χ1) is 10.0. The molecule has 0 aliphatic carbocycles. The van der Waals surface area contributed by atoms with Crippen molar-refractivity contribution in [2.45, 2.75) is 40.3 Å². The SMILES string of the molecule is CCc1cnc(NCc2nonc2C)c(=O)n1CC(C)=O. The molecular formula is C13H17N5O3. The number of aromatic nitrogens is 4. The molecule has 0 saturated carbocycles. The number of carbonyl (C=O) groups excluding carboxylic acids is 1. The Labute approximate surface area is 121 Å². The summed E-state index contributed by atoms with van der Waals surface area (Å²) in [5.41, 5.74) is 1.66. The number of rotatable bonds is 6. The summed E-state index contributed by atoms with van der Waals surface area (Å²) in [4.78, 5) is 27.8. The largest absolute Gasteiger partial charge is 0.360 e. The second kappa shape index (κ2) is 6.29. The Morgan fingerprint density at radius 3 is 2.76 bits per heavy atom. The molecule has 0 unspecified atom stereocenters. The number of nitrogens with one attached hydrogen (secondary N) is 1. The molecule has 0 saturated heterocycles.